The quantitative estimate of drug-likeness (QED) is 0.454. The molecule has 0 aliphatic carbocycles. The molecule has 2 N–H and O–H groups in total. The summed E-state index contributed by atoms with van der Waals surface area (Å²) >= 11 is 12.2. The number of amides is 1. The Bertz CT molecular complexity index is 1300. The molecule has 0 bridgehead atoms. The van der Waals surface area contributed by atoms with Crippen LogP contribution in [-0.4, -0.2) is 44.0 Å². The lowest BCUT2D eigenvalue weighted by molar-refractivity contribution is 0.0783. The molecule has 4 rings (SSSR count). The summed E-state index contributed by atoms with van der Waals surface area (Å²) in [6, 6.07) is 17.2. The molecule has 178 valence electrons. The number of anilines is 1. The lowest BCUT2D eigenvalue weighted by atomic mass is 10.1. The molecule has 1 heterocycles. The van der Waals surface area contributed by atoms with Crippen molar-refractivity contribution in [3.05, 3.63) is 82.3 Å². The van der Waals surface area contributed by atoms with Gasteiger partial charge in [-0.25, -0.2) is 8.42 Å². The molecule has 1 amide bonds. The molecule has 0 aromatic heterocycles. The van der Waals surface area contributed by atoms with E-state index in [1.165, 1.54) is 42.5 Å². The Morgan fingerprint density at radius 1 is 1.09 bits per heavy atom. The van der Waals surface area contributed by atoms with Crippen LogP contribution < -0.4 is 9.46 Å². The highest BCUT2D eigenvalue weighted by molar-refractivity contribution is 7.92. The van der Waals surface area contributed by atoms with Gasteiger partial charge in [0.15, 0.2) is 0 Å². The second-order valence-corrected chi connectivity index (χ2v) is 10.4. The van der Waals surface area contributed by atoms with Crippen LogP contribution in [0.3, 0.4) is 0 Å². The number of hydrogen-bond acceptors (Lipinski definition) is 5. The zero-order valence-corrected chi connectivity index (χ0v) is 20.3. The summed E-state index contributed by atoms with van der Waals surface area (Å²) in [7, 11) is -4.00. The van der Waals surface area contributed by atoms with Gasteiger partial charge in [-0.1, -0.05) is 35.3 Å². The van der Waals surface area contributed by atoms with Gasteiger partial charge in [0.05, 0.1) is 21.2 Å². The molecule has 3 aromatic carbocycles. The van der Waals surface area contributed by atoms with E-state index in [1.54, 1.807) is 29.2 Å². The number of para-hydroxylation sites is 1. The number of sulfonamides is 1. The predicted molar refractivity (Wildman–Crippen MR) is 131 cm³/mol. The van der Waals surface area contributed by atoms with E-state index >= 15 is 0 Å². The third-order valence-electron chi connectivity index (χ3n) is 5.49. The van der Waals surface area contributed by atoms with E-state index in [0.29, 0.717) is 41.1 Å². The minimum absolute atomic E-state index is 0.00496. The number of ether oxygens (including phenoxy) is 1. The van der Waals surface area contributed by atoms with Crippen LogP contribution in [0.15, 0.2) is 71.6 Å². The highest BCUT2D eigenvalue weighted by atomic mass is 35.5. The molecule has 0 saturated carbocycles. The number of nitrogens with zero attached hydrogens (tertiary/aromatic N) is 1. The number of halogens is 2. The number of carbonyl (C=O) groups is 1. The third kappa shape index (κ3) is 5.47. The van der Waals surface area contributed by atoms with Crippen LogP contribution >= 0.6 is 23.2 Å². The Morgan fingerprint density at radius 3 is 2.50 bits per heavy atom. The van der Waals surface area contributed by atoms with Crippen LogP contribution in [0.2, 0.25) is 10.0 Å². The molecular formula is C24H22Cl2N2O5S. The van der Waals surface area contributed by atoms with Crippen LogP contribution in [0.5, 0.6) is 11.5 Å². The molecule has 3 aromatic rings. The molecule has 1 saturated heterocycles. The number of hydrogen-bond donors (Lipinski definition) is 2. The molecule has 34 heavy (non-hydrogen) atoms. The Kier molecular flexibility index (Phi) is 7.33. The van der Waals surface area contributed by atoms with Gasteiger partial charge in [-0.3, -0.25) is 9.52 Å². The van der Waals surface area contributed by atoms with Crippen LogP contribution in [0.1, 0.15) is 16.8 Å². The maximum atomic E-state index is 13.1. The van der Waals surface area contributed by atoms with Crippen molar-refractivity contribution >= 4 is 44.8 Å². The average molecular weight is 521 g/mol. The van der Waals surface area contributed by atoms with Crippen LogP contribution in [0, 0.1) is 5.92 Å². The van der Waals surface area contributed by atoms with Crippen LogP contribution in [-0.2, 0) is 10.0 Å². The maximum absolute atomic E-state index is 13.1. The smallest absolute Gasteiger partial charge is 0.261 e. The summed E-state index contributed by atoms with van der Waals surface area (Å²) < 4.78 is 34.3. The number of likely N-dealkylation sites (tertiary alicyclic amines) is 1. The second kappa shape index (κ2) is 10.2. The average Bonchev–Trinajstić information content (AvgIpc) is 3.31. The first-order valence-corrected chi connectivity index (χ1v) is 12.8. The van der Waals surface area contributed by atoms with E-state index in [4.69, 9.17) is 27.9 Å². The fourth-order valence-electron chi connectivity index (χ4n) is 3.66. The van der Waals surface area contributed by atoms with Crippen molar-refractivity contribution in [1.82, 2.24) is 4.90 Å². The minimum Gasteiger partial charge on any atom is -0.456 e. The van der Waals surface area contributed by atoms with Crippen molar-refractivity contribution in [3.8, 4) is 11.5 Å². The van der Waals surface area contributed by atoms with Crippen molar-refractivity contribution < 1.29 is 23.1 Å². The van der Waals surface area contributed by atoms with Gasteiger partial charge in [0, 0.05) is 30.6 Å². The zero-order valence-electron chi connectivity index (χ0n) is 17.9. The highest BCUT2D eigenvalue weighted by Crippen LogP contribution is 2.31. The number of benzene rings is 3. The van der Waals surface area contributed by atoms with E-state index in [9.17, 15) is 18.3 Å². The number of aliphatic hydroxyl groups is 1. The Balaban J connectivity index is 1.54. The topological polar surface area (TPSA) is 95.9 Å². The fourth-order valence-corrected chi connectivity index (χ4v) is 5.09. The fraction of sp³-hybridized carbons (Fsp3) is 0.208. The monoisotopic (exact) mass is 520 g/mol. The lowest BCUT2D eigenvalue weighted by Crippen LogP contribution is -2.30. The van der Waals surface area contributed by atoms with E-state index in [0.717, 1.165) is 0 Å². The van der Waals surface area contributed by atoms with Gasteiger partial charge in [0.25, 0.3) is 15.9 Å². The van der Waals surface area contributed by atoms with Gasteiger partial charge in [0.2, 0.25) is 0 Å². The summed E-state index contributed by atoms with van der Waals surface area (Å²) in [6.07, 6.45) is 0.687. The molecule has 0 radical (unpaired) electrons. The Hall–Kier alpha value is -2.78. The molecule has 1 atom stereocenters. The number of aliphatic hydroxyl groups excluding tert-OH is 1. The largest absolute Gasteiger partial charge is 0.456 e. The van der Waals surface area contributed by atoms with Gasteiger partial charge in [-0.05, 0) is 61.0 Å². The molecule has 0 spiro atoms. The van der Waals surface area contributed by atoms with E-state index in [1.807, 2.05) is 0 Å². The van der Waals surface area contributed by atoms with Gasteiger partial charge in [-0.2, -0.15) is 0 Å². The molecule has 10 heteroatoms. The standard InChI is InChI=1S/C24H22Cl2N2O5S/c25-17-5-10-22(20(13-17)24(30)28-12-11-16(14-28)15-29)27-34(31,32)19-8-6-18(7-9-19)33-23-4-2-1-3-21(23)26/h1-10,13,16,27,29H,11-12,14-15H2/t16-/m0/s1. The zero-order chi connectivity index (χ0) is 24.3. The SMILES string of the molecule is O=C(c1cc(Cl)ccc1NS(=O)(=O)c1ccc(Oc2ccccc2Cl)cc1)N1CC[C@H](CO)C1. The molecule has 1 fully saturated rings. The molecule has 7 nitrogen and oxygen atoms in total. The van der Waals surface area contributed by atoms with E-state index in [-0.39, 0.29) is 34.6 Å². The Morgan fingerprint density at radius 2 is 1.82 bits per heavy atom. The van der Waals surface area contributed by atoms with Crippen molar-refractivity contribution in [2.24, 2.45) is 5.92 Å². The number of rotatable bonds is 7. The summed E-state index contributed by atoms with van der Waals surface area (Å²) in [5, 5.41) is 10.1. The summed E-state index contributed by atoms with van der Waals surface area (Å²) in [5.74, 6) is 0.531. The first-order chi connectivity index (χ1) is 16.3. The predicted octanol–water partition coefficient (Wildman–Crippen LogP) is 5.04. The summed E-state index contributed by atoms with van der Waals surface area (Å²) in [5.41, 5.74) is 0.270. The van der Waals surface area contributed by atoms with E-state index < -0.39 is 10.0 Å². The number of carbonyl (C=O) groups excluding carboxylic acids is 1. The van der Waals surface area contributed by atoms with Crippen molar-refractivity contribution in [2.45, 2.75) is 11.3 Å². The van der Waals surface area contributed by atoms with Gasteiger partial charge >= 0.3 is 0 Å². The summed E-state index contributed by atoms with van der Waals surface area (Å²) in [6.45, 7) is 0.881. The van der Waals surface area contributed by atoms with Crippen LogP contribution in [0.25, 0.3) is 0 Å². The minimum atomic E-state index is -4.00. The molecule has 0 unspecified atom stereocenters. The van der Waals surface area contributed by atoms with Crippen LogP contribution in [0.4, 0.5) is 5.69 Å². The third-order valence-corrected chi connectivity index (χ3v) is 7.41. The maximum Gasteiger partial charge on any atom is 0.261 e. The van der Waals surface area contributed by atoms with Crippen molar-refractivity contribution in [2.75, 3.05) is 24.4 Å². The first kappa shape index (κ1) is 24.3. The van der Waals surface area contributed by atoms with E-state index in [2.05, 4.69) is 4.72 Å². The normalized spacial score (nSPS) is 15.9. The lowest BCUT2D eigenvalue weighted by Gasteiger charge is -2.19. The van der Waals surface area contributed by atoms with Gasteiger partial charge in [0.1, 0.15) is 11.5 Å². The number of nitrogens with one attached hydrogen (secondary N) is 1. The highest BCUT2D eigenvalue weighted by Gasteiger charge is 2.29. The van der Waals surface area contributed by atoms with Crippen molar-refractivity contribution in [3.63, 3.8) is 0 Å². The second-order valence-electron chi connectivity index (χ2n) is 7.89. The van der Waals surface area contributed by atoms with Gasteiger partial charge < -0.3 is 14.7 Å². The summed E-state index contributed by atoms with van der Waals surface area (Å²) in [4.78, 5) is 14.7. The Labute approximate surface area is 207 Å². The molecule has 1 aliphatic rings. The van der Waals surface area contributed by atoms with Gasteiger partial charge in [-0.15, -0.1) is 0 Å². The molecular weight excluding hydrogens is 499 g/mol. The van der Waals surface area contributed by atoms with Crippen molar-refractivity contribution in [1.29, 1.82) is 0 Å². The molecule has 1 aliphatic heterocycles. The first-order valence-electron chi connectivity index (χ1n) is 10.5.